The van der Waals surface area contributed by atoms with Crippen LogP contribution in [0.15, 0.2) is 36.4 Å². The Morgan fingerprint density at radius 3 is 2.35 bits per heavy atom. The highest BCUT2D eigenvalue weighted by Gasteiger charge is 2.25. The fraction of sp³-hybridized carbons (Fsp3) is 0.360. The van der Waals surface area contributed by atoms with E-state index in [0.717, 1.165) is 59.8 Å². The van der Waals surface area contributed by atoms with Gasteiger partial charge in [-0.1, -0.05) is 31.2 Å². The number of fused-ring (bicyclic) bond motifs is 1. The third-order valence-corrected chi connectivity index (χ3v) is 6.46. The van der Waals surface area contributed by atoms with Crippen LogP contribution in [0.5, 0.6) is 0 Å². The predicted octanol–water partition coefficient (Wildman–Crippen LogP) is 4.38. The number of anilines is 2. The van der Waals surface area contributed by atoms with Crippen LogP contribution in [-0.4, -0.2) is 40.5 Å². The van der Waals surface area contributed by atoms with E-state index in [0.29, 0.717) is 5.82 Å². The Bertz CT molecular complexity index is 1130. The maximum atomic E-state index is 13.2. The van der Waals surface area contributed by atoms with Crippen LogP contribution in [0.2, 0.25) is 0 Å². The summed E-state index contributed by atoms with van der Waals surface area (Å²) < 4.78 is 1.96. The number of hydrogen-bond acceptors (Lipinski definition) is 4. The van der Waals surface area contributed by atoms with Crippen LogP contribution in [0.25, 0.3) is 11.1 Å². The number of likely N-dealkylation sites (N-methyl/N-ethyl adjacent to an activating group) is 1. The van der Waals surface area contributed by atoms with Gasteiger partial charge in [0.15, 0.2) is 5.82 Å². The van der Waals surface area contributed by atoms with Crippen molar-refractivity contribution in [2.24, 2.45) is 7.05 Å². The zero-order valence-corrected chi connectivity index (χ0v) is 19.0. The molecule has 6 nitrogen and oxygen atoms in total. The minimum absolute atomic E-state index is 0.166. The summed E-state index contributed by atoms with van der Waals surface area (Å²) in [6.07, 6.45) is 0.926. The van der Waals surface area contributed by atoms with E-state index < -0.39 is 0 Å². The molecule has 0 aliphatic carbocycles. The van der Waals surface area contributed by atoms with Gasteiger partial charge in [-0.05, 0) is 54.8 Å². The number of nitrogens with zero attached hydrogens (tertiary/aromatic N) is 3. The van der Waals surface area contributed by atoms with Crippen LogP contribution < -0.4 is 10.6 Å². The van der Waals surface area contributed by atoms with Crippen molar-refractivity contribution in [1.29, 1.82) is 0 Å². The van der Waals surface area contributed by atoms with Gasteiger partial charge in [0.05, 0.1) is 5.69 Å². The molecule has 0 unspecified atom stereocenters. The Labute approximate surface area is 184 Å². The molecular weight excluding hydrogens is 386 g/mol. The Kier molecular flexibility index (Phi) is 5.83. The molecule has 1 aliphatic rings. The van der Waals surface area contributed by atoms with Crippen molar-refractivity contribution >= 4 is 17.3 Å². The first kappa shape index (κ1) is 21.1. The van der Waals surface area contributed by atoms with Gasteiger partial charge in [-0.3, -0.25) is 9.69 Å². The predicted molar refractivity (Wildman–Crippen MR) is 127 cm³/mol. The van der Waals surface area contributed by atoms with Gasteiger partial charge >= 0.3 is 0 Å². The maximum absolute atomic E-state index is 13.2. The average Bonchev–Trinajstić information content (AvgIpc) is 3.11. The molecule has 6 heteroatoms. The normalized spacial score (nSPS) is 13.7. The van der Waals surface area contributed by atoms with Crippen LogP contribution in [-0.2, 0) is 20.0 Å². The summed E-state index contributed by atoms with van der Waals surface area (Å²) in [5.41, 5.74) is 8.61. The number of imidazole rings is 1. The topological polar surface area (TPSA) is 62.2 Å². The lowest BCUT2D eigenvalue weighted by atomic mass is 9.94. The highest BCUT2D eigenvalue weighted by molar-refractivity contribution is 6.03. The highest BCUT2D eigenvalue weighted by Crippen LogP contribution is 2.33. The van der Waals surface area contributed by atoms with Crippen molar-refractivity contribution in [3.63, 3.8) is 0 Å². The number of aromatic nitrogens is 2. The van der Waals surface area contributed by atoms with E-state index in [2.05, 4.69) is 60.6 Å². The molecule has 0 radical (unpaired) electrons. The maximum Gasteiger partial charge on any atom is 0.291 e. The number of carbonyl (C=O) groups excluding carboxylic acids is 1. The van der Waals surface area contributed by atoms with Gasteiger partial charge in [0, 0.05) is 50.7 Å². The molecule has 0 atom stereocenters. The summed E-state index contributed by atoms with van der Waals surface area (Å²) >= 11 is 0. The van der Waals surface area contributed by atoms with Crippen molar-refractivity contribution < 1.29 is 4.79 Å². The first-order valence-corrected chi connectivity index (χ1v) is 10.9. The Morgan fingerprint density at radius 2 is 1.71 bits per heavy atom. The minimum Gasteiger partial charge on any atom is -0.388 e. The number of amides is 1. The van der Waals surface area contributed by atoms with Gasteiger partial charge in [-0.25, -0.2) is 4.98 Å². The Balaban J connectivity index is 1.64. The first-order valence-electron chi connectivity index (χ1n) is 10.9. The van der Waals surface area contributed by atoms with E-state index in [1.54, 1.807) is 0 Å². The zero-order valence-electron chi connectivity index (χ0n) is 19.0. The second kappa shape index (κ2) is 8.55. The molecule has 3 aromatic rings. The van der Waals surface area contributed by atoms with Crippen molar-refractivity contribution in [2.75, 3.05) is 30.8 Å². The summed E-state index contributed by atoms with van der Waals surface area (Å²) in [6, 6.07) is 12.3. The molecule has 0 bridgehead atoms. The lowest BCUT2D eigenvalue weighted by Gasteiger charge is -2.24. The monoisotopic (exact) mass is 417 g/mol. The quantitative estimate of drug-likeness (QED) is 0.647. The number of rotatable bonds is 5. The largest absolute Gasteiger partial charge is 0.388 e. The SMILES string of the molecule is CCN1CCc2c(nc(C(=O)Nc3cccc(-c4cccc(NC)c4C)c3C)n2C)C1. The minimum atomic E-state index is -0.166. The molecular formula is C25H31N5O. The van der Waals surface area contributed by atoms with E-state index in [1.165, 1.54) is 11.3 Å². The Morgan fingerprint density at radius 1 is 1.06 bits per heavy atom. The average molecular weight is 418 g/mol. The van der Waals surface area contributed by atoms with Crippen LogP contribution in [0.4, 0.5) is 11.4 Å². The van der Waals surface area contributed by atoms with Gasteiger partial charge in [0.25, 0.3) is 5.91 Å². The zero-order chi connectivity index (χ0) is 22.1. The van der Waals surface area contributed by atoms with E-state index in [-0.39, 0.29) is 5.91 Å². The number of carbonyl (C=O) groups is 1. The molecule has 1 aliphatic heterocycles. The fourth-order valence-electron chi connectivity index (χ4n) is 4.49. The number of hydrogen-bond donors (Lipinski definition) is 2. The van der Waals surface area contributed by atoms with E-state index in [1.807, 2.05) is 30.8 Å². The number of benzene rings is 2. The lowest BCUT2D eigenvalue weighted by molar-refractivity contribution is 0.101. The standard InChI is InChI=1S/C25H31N5O/c1-6-30-14-13-23-22(15-30)27-24(29(23)5)25(31)28-21-12-8-10-19(17(21)3)18-9-7-11-20(26-4)16(18)2/h7-12,26H,6,13-15H2,1-5H3,(H,28,31). The van der Waals surface area contributed by atoms with Crippen LogP contribution in [0.3, 0.4) is 0 Å². The van der Waals surface area contributed by atoms with Crippen molar-refractivity contribution in [3.05, 3.63) is 64.7 Å². The molecule has 2 aromatic carbocycles. The van der Waals surface area contributed by atoms with Gasteiger partial charge < -0.3 is 15.2 Å². The Hall–Kier alpha value is -3.12. The third kappa shape index (κ3) is 3.83. The van der Waals surface area contributed by atoms with Gasteiger partial charge in [-0.15, -0.1) is 0 Å². The molecule has 0 saturated carbocycles. The molecule has 2 heterocycles. The van der Waals surface area contributed by atoms with Crippen molar-refractivity contribution in [2.45, 2.75) is 33.7 Å². The molecule has 162 valence electrons. The second-order valence-electron chi connectivity index (χ2n) is 8.17. The molecule has 1 amide bonds. The molecule has 1 aromatic heterocycles. The van der Waals surface area contributed by atoms with Crippen LogP contribution in [0.1, 0.15) is 40.1 Å². The van der Waals surface area contributed by atoms with Gasteiger partial charge in [0.1, 0.15) is 0 Å². The van der Waals surface area contributed by atoms with Crippen molar-refractivity contribution in [1.82, 2.24) is 14.5 Å². The summed E-state index contributed by atoms with van der Waals surface area (Å²) in [5, 5.41) is 6.35. The third-order valence-electron chi connectivity index (χ3n) is 6.46. The summed E-state index contributed by atoms with van der Waals surface area (Å²) in [4.78, 5) is 20.2. The van der Waals surface area contributed by atoms with Crippen LogP contribution >= 0.6 is 0 Å². The molecule has 31 heavy (non-hydrogen) atoms. The van der Waals surface area contributed by atoms with Gasteiger partial charge in [-0.2, -0.15) is 0 Å². The molecule has 0 fully saturated rings. The van der Waals surface area contributed by atoms with Crippen molar-refractivity contribution in [3.8, 4) is 11.1 Å². The molecule has 4 rings (SSSR count). The fourth-order valence-corrected chi connectivity index (χ4v) is 4.49. The van der Waals surface area contributed by atoms with E-state index in [4.69, 9.17) is 4.98 Å². The number of nitrogens with one attached hydrogen (secondary N) is 2. The highest BCUT2D eigenvalue weighted by atomic mass is 16.2. The molecule has 0 spiro atoms. The first-order chi connectivity index (χ1) is 14.9. The lowest BCUT2D eigenvalue weighted by Crippen LogP contribution is -2.30. The van der Waals surface area contributed by atoms with E-state index >= 15 is 0 Å². The summed E-state index contributed by atoms with van der Waals surface area (Å²) in [6.45, 7) is 9.14. The summed E-state index contributed by atoms with van der Waals surface area (Å²) in [7, 11) is 3.88. The summed E-state index contributed by atoms with van der Waals surface area (Å²) in [5.74, 6) is 0.307. The molecule has 0 saturated heterocycles. The van der Waals surface area contributed by atoms with Crippen LogP contribution in [0, 0.1) is 13.8 Å². The molecule has 2 N–H and O–H groups in total. The second-order valence-corrected chi connectivity index (χ2v) is 8.17. The smallest absolute Gasteiger partial charge is 0.291 e. The van der Waals surface area contributed by atoms with E-state index in [9.17, 15) is 4.79 Å². The van der Waals surface area contributed by atoms with Gasteiger partial charge in [0.2, 0.25) is 0 Å².